The summed E-state index contributed by atoms with van der Waals surface area (Å²) in [7, 11) is 0. The van der Waals surface area contributed by atoms with Gasteiger partial charge in [-0.05, 0) is 58.4 Å². The minimum atomic E-state index is -0.499. The molecule has 2 N–H and O–H groups in total. The molecule has 2 aromatic carbocycles. The largest absolute Gasteiger partial charge is 0.323 e. The number of hydrogen-bond acceptors (Lipinski definition) is 2. The predicted octanol–water partition coefficient (Wildman–Crippen LogP) is 4.10. The molecule has 0 atom stereocenters. The molecule has 0 aliphatic carbocycles. The second-order valence-corrected chi connectivity index (χ2v) is 4.75. The molecule has 0 saturated heterocycles. The average Bonchev–Trinajstić information content (AvgIpc) is 2.43. The molecule has 20 heavy (non-hydrogen) atoms. The van der Waals surface area contributed by atoms with Crippen LogP contribution < -0.4 is 10.6 Å². The number of carbonyl (C=O) groups is 1. The SMILES string of the molecule is N#Cc1ccc(NC(=O)Nc2cc(F)ccc2Br)cc1. The highest BCUT2D eigenvalue weighted by Gasteiger charge is 2.07. The Morgan fingerprint density at radius 1 is 1.15 bits per heavy atom. The van der Waals surface area contributed by atoms with E-state index in [0.29, 0.717) is 21.4 Å². The van der Waals surface area contributed by atoms with Crippen molar-refractivity contribution in [2.45, 2.75) is 0 Å². The van der Waals surface area contributed by atoms with E-state index < -0.39 is 11.8 Å². The molecule has 0 spiro atoms. The van der Waals surface area contributed by atoms with Crippen LogP contribution in [0.1, 0.15) is 5.56 Å². The highest BCUT2D eigenvalue weighted by molar-refractivity contribution is 9.10. The molecule has 0 fully saturated rings. The van der Waals surface area contributed by atoms with Crippen LogP contribution in [0.5, 0.6) is 0 Å². The Balaban J connectivity index is 2.05. The molecule has 100 valence electrons. The highest BCUT2D eigenvalue weighted by Crippen LogP contribution is 2.23. The summed E-state index contributed by atoms with van der Waals surface area (Å²) in [5, 5.41) is 13.8. The number of urea groups is 1. The van der Waals surface area contributed by atoms with E-state index in [4.69, 9.17) is 5.26 Å². The van der Waals surface area contributed by atoms with Gasteiger partial charge in [0.1, 0.15) is 5.82 Å². The molecule has 0 aromatic heterocycles. The Labute approximate surface area is 123 Å². The van der Waals surface area contributed by atoms with E-state index in [1.54, 1.807) is 24.3 Å². The van der Waals surface area contributed by atoms with Crippen LogP contribution in [0.25, 0.3) is 0 Å². The van der Waals surface area contributed by atoms with E-state index in [0.717, 1.165) is 0 Å². The molecular weight excluding hydrogens is 325 g/mol. The van der Waals surface area contributed by atoms with Crippen LogP contribution in [0.3, 0.4) is 0 Å². The van der Waals surface area contributed by atoms with Gasteiger partial charge in [-0.1, -0.05) is 0 Å². The van der Waals surface area contributed by atoms with Gasteiger partial charge in [-0.3, -0.25) is 0 Å². The predicted molar refractivity (Wildman–Crippen MR) is 77.9 cm³/mol. The monoisotopic (exact) mass is 333 g/mol. The van der Waals surface area contributed by atoms with Crippen molar-refractivity contribution < 1.29 is 9.18 Å². The number of anilines is 2. The summed E-state index contributed by atoms with van der Waals surface area (Å²) in [6.07, 6.45) is 0. The molecule has 0 heterocycles. The molecule has 0 bridgehead atoms. The molecular formula is C14H9BrFN3O. The van der Waals surface area contributed by atoms with Crippen molar-refractivity contribution in [3.05, 3.63) is 58.3 Å². The zero-order chi connectivity index (χ0) is 14.5. The lowest BCUT2D eigenvalue weighted by atomic mass is 10.2. The van der Waals surface area contributed by atoms with E-state index in [-0.39, 0.29) is 0 Å². The Hall–Kier alpha value is -2.39. The molecule has 0 aliphatic rings. The van der Waals surface area contributed by atoms with Crippen LogP contribution >= 0.6 is 15.9 Å². The molecule has 2 rings (SSSR count). The third kappa shape index (κ3) is 3.56. The quantitative estimate of drug-likeness (QED) is 0.868. The summed E-state index contributed by atoms with van der Waals surface area (Å²) in [5.41, 5.74) is 1.37. The Morgan fingerprint density at radius 3 is 2.50 bits per heavy atom. The topological polar surface area (TPSA) is 64.9 Å². The molecule has 0 radical (unpaired) electrons. The lowest BCUT2D eigenvalue weighted by molar-refractivity contribution is 0.262. The standard InChI is InChI=1S/C14H9BrFN3O/c15-12-6-3-10(16)7-13(12)19-14(20)18-11-4-1-9(8-17)2-5-11/h1-7H,(H2,18,19,20). The van der Waals surface area contributed by atoms with Crippen molar-refractivity contribution in [1.29, 1.82) is 5.26 Å². The number of nitriles is 1. The van der Waals surface area contributed by atoms with Crippen molar-refractivity contribution in [1.82, 2.24) is 0 Å². The third-order valence-corrected chi connectivity index (χ3v) is 3.14. The zero-order valence-corrected chi connectivity index (χ0v) is 11.7. The summed E-state index contributed by atoms with van der Waals surface area (Å²) < 4.78 is 13.7. The van der Waals surface area contributed by atoms with Crippen molar-refractivity contribution in [2.24, 2.45) is 0 Å². The van der Waals surface area contributed by atoms with Gasteiger partial charge < -0.3 is 10.6 Å². The first kappa shape index (κ1) is 14.0. The molecule has 4 nitrogen and oxygen atoms in total. The van der Waals surface area contributed by atoms with Gasteiger partial charge in [-0.15, -0.1) is 0 Å². The minimum absolute atomic E-state index is 0.330. The van der Waals surface area contributed by atoms with Gasteiger partial charge in [-0.25, -0.2) is 9.18 Å². The van der Waals surface area contributed by atoms with E-state index in [1.807, 2.05) is 6.07 Å². The summed E-state index contributed by atoms with van der Waals surface area (Å²) in [5.74, 6) is -0.443. The fraction of sp³-hybridized carbons (Fsp3) is 0. The fourth-order valence-corrected chi connectivity index (χ4v) is 1.85. The Kier molecular flexibility index (Phi) is 4.33. The number of halogens is 2. The second kappa shape index (κ2) is 6.17. The summed E-state index contributed by atoms with van der Waals surface area (Å²) in [6.45, 7) is 0. The van der Waals surface area contributed by atoms with Crippen LogP contribution in [0.15, 0.2) is 46.9 Å². The lowest BCUT2D eigenvalue weighted by Gasteiger charge is -2.09. The normalized spacial score (nSPS) is 9.65. The number of nitrogens with zero attached hydrogens (tertiary/aromatic N) is 1. The van der Waals surface area contributed by atoms with Crippen LogP contribution in [-0.4, -0.2) is 6.03 Å². The van der Waals surface area contributed by atoms with Crippen molar-refractivity contribution >= 4 is 33.3 Å². The molecule has 2 amide bonds. The van der Waals surface area contributed by atoms with Gasteiger partial charge in [0, 0.05) is 10.2 Å². The molecule has 6 heteroatoms. The first-order valence-corrected chi connectivity index (χ1v) is 6.41. The first-order valence-electron chi connectivity index (χ1n) is 5.62. The van der Waals surface area contributed by atoms with E-state index in [9.17, 15) is 9.18 Å². The summed E-state index contributed by atoms with van der Waals surface area (Å²) in [4.78, 5) is 11.8. The number of rotatable bonds is 2. The molecule has 0 unspecified atom stereocenters. The maximum atomic E-state index is 13.1. The average molecular weight is 334 g/mol. The number of nitrogens with one attached hydrogen (secondary N) is 2. The van der Waals surface area contributed by atoms with Crippen LogP contribution in [0.2, 0.25) is 0 Å². The number of carbonyl (C=O) groups excluding carboxylic acids is 1. The Morgan fingerprint density at radius 2 is 1.85 bits per heavy atom. The lowest BCUT2D eigenvalue weighted by Crippen LogP contribution is -2.19. The van der Waals surface area contributed by atoms with Gasteiger partial charge in [0.05, 0.1) is 17.3 Å². The highest BCUT2D eigenvalue weighted by atomic mass is 79.9. The first-order chi connectivity index (χ1) is 9.58. The number of amides is 2. The minimum Gasteiger partial charge on any atom is -0.308 e. The summed E-state index contributed by atoms with van der Waals surface area (Å²) >= 11 is 3.22. The van der Waals surface area contributed by atoms with Crippen LogP contribution in [0, 0.1) is 17.1 Å². The van der Waals surface area contributed by atoms with Gasteiger partial charge in [0.25, 0.3) is 0 Å². The van der Waals surface area contributed by atoms with E-state index in [1.165, 1.54) is 18.2 Å². The summed E-state index contributed by atoms with van der Waals surface area (Å²) in [6, 6.07) is 11.9. The zero-order valence-electron chi connectivity index (χ0n) is 10.2. The number of benzene rings is 2. The second-order valence-electron chi connectivity index (χ2n) is 3.89. The fourth-order valence-electron chi connectivity index (χ4n) is 1.51. The maximum Gasteiger partial charge on any atom is 0.323 e. The van der Waals surface area contributed by atoms with Gasteiger partial charge in [0.15, 0.2) is 0 Å². The maximum absolute atomic E-state index is 13.1. The smallest absolute Gasteiger partial charge is 0.308 e. The number of hydrogen-bond donors (Lipinski definition) is 2. The third-order valence-electron chi connectivity index (χ3n) is 2.45. The van der Waals surface area contributed by atoms with Crippen molar-refractivity contribution in [2.75, 3.05) is 10.6 Å². The van der Waals surface area contributed by atoms with E-state index in [2.05, 4.69) is 26.6 Å². The van der Waals surface area contributed by atoms with Crippen LogP contribution in [-0.2, 0) is 0 Å². The molecule has 2 aromatic rings. The van der Waals surface area contributed by atoms with Crippen LogP contribution in [0.4, 0.5) is 20.6 Å². The molecule has 0 aliphatic heterocycles. The Bertz CT molecular complexity index is 680. The van der Waals surface area contributed by atoms with Crippen molar-refractivity contribution in [3.63, 3.8) is 0 Å². The van der Waals surface area contributed by atoms with Gasteiger partial charge in [-0.2, -0.15) is 5.26 Å². The van der Waals surface area contributed by atoms with Gasteiger partial charge >= 0.3 is 6.03 Å². The van der Waals surface area contributed by atoms with Crippen molar-refractivity contribution in [3.8, 4) is 6.07 Å². The van der Waals surface area contributed by atoms with Gasteiger partial charge in [0.2, 0.25) is 0 Å². The van der Waals surface area contributed by atoms with E-state index >= 15 is 0 Å². The molecule has 0 saturated carbocycles.